The topological polar surface area (TPSA) is 48.1 Å². The van der Waals surface area contributed by atoms with Crippen LogP contribution in [0.25, 0.3) is 0 Å². The standard InChI is InChI=1S/C14H15BrN2O/c1-3-12-14(6-4-9(2)17-12)18-13-7-5-10(16)8-11(13)15/h4-8H,3,16H2,1-2H3. The molecule has 0 radical (unpaired) electrons. The fraction of sp³-hybridized carbons (Fsp3) is 0.214. The largest absolute Gasteiger partial charge is 0.454 e. The molecule has 0 aliphatic carbocycles. The van der Waals surface area contributed by atoms with Gasteiger partial charge in [0.25, 0.3) is 0 Å². The van der Waals surface area contributed by atoms with Gasteiger partial charge in [0.05, 0.1) is 10.2 Å². The third kappa shape index (κ3) is 2.82. The van der Waals surface area contributed by atoms with E-state index in [9.17, 15) is 0 Å². The fourth-order valence-corrected chi connectivity index (χ4v) is 2.14. The van der Waals surface area contributed by atoms with E-state index in [0.717, 1.165) is 33.8 Å². The zero-order valence-corrected chi connectivity index (χ0v) is 12.0. The van der Waals surface area contributed by atoms with E-state index in [4.69, 9.17) is 10.5 Å². The summed E-state index contributed by atoms with van der Waals surface area (Å²) in [6.07, 6.45) is 0.837. The molecule has 0 amide bonds. The van der Waals surface area contributed by atoms with E-state index in [-0.39, 0.29) is 0 Å². The summed E-state index contributed by atoms with van der Waals surface area (Å²) in [4.78, 5) is 4.47. The van der Waals surface area contributed by atoms with Crippen molar-refractivity contribution in [2.75, 3.05) is 5.73 Å². The van der Waals surface area contributed by atoms with E-state index < -0.39 is 0 Å². The van der Waals surface area contributed by atoms with Crippen LogP contribution in [0.15, 0.2) is 34.8 Å². The first-order valence-corrected chi connectivity index (χ1v) is 6.59. The van der Waals surface area contributed by atoms with Crippen LogP contribution in [0.2, 0.25) is 0 Å². The lowest BCUT2D eigenvalue weighted by Crippen LogP contribution is -1.96. The van der Waals surface area contributed by atoms with Crippen LogP contribution in [0.3, 0.4) is 0 Å². The van der Waals surface area contributed by atoms with Crippen molar-refractivity contribution >= 4 is 21.6 Å². The van der Waals surface area contributed by atoms with Crippen LogP contribution in [-0.2, 0) is 6.42 Å². The van der Waals surface area contributed by atoms with Gasteiger partial charge in [-0.15, -0.1) is 0 Å². The number of aromatic nitrogens is 1. The highest BCUT2D eigenvalue weighted by Crippen LogP contribution is 2.32. The number of nitrogens with two attached hydrogens (primary N) is 1. The SMILES string of the molecule is CCc1nc(C)ccc1Oc1ccc(N)cc1Br. The number of nitrogens with zero attached hydrogens (tertiary/aromatic N) is 1. The normalized spacial score (nSPS) is 10.4. The lowest BCUT2D eigenvalue weighted by Gasteiger charge is -2.11. The van der Waals surface area contributed by atoms with E-state index in [1.807, 2.05) is 37.3 Å². The summed E-state index contributed by atoms with van der Waals surface area (Å²) in [5, 5.41) is 0. The number of halogens is 1. The van der Waals surface area contributed by atoms with Gasteiger partial charge >= 0.3 is 0 Å². The molecule has 0 aliphatic rings. The highest BCUT2D eigenvalue weighted by Gasteiger charge is 2.08. The van der Waals surface area contributed by atoms with Crippen molar-refractivity contribution in [2.24, 2.45) is 0 Å². The van der Waals surface area contributed by atoms with Gasteiger partial charge in [-0.25, -0.2) is 0 Å². The average Bonchev–Trinajstić information content (AvgIpc) is 2.34. The Labute approximate surface area is 115 Å². The minimum atomic E-state index is 0.701. The molecule has 0 fully saturated rings. The summed E-state index contributed by atoms with van der Waals surface area (Å²) in [6, 6.07) is 9.37. The number of benzene rings is 1. The zero-order valence-electron chi connectivity index (χ0n) is 10.4. The lowest BCUT2D eigenvalue weighted by atomic mass is 10.2. The van der Waals surface area contributed by atoms with Crippen molar-refractivity contribution < 1.29 is 4.74 Å². The van der Waals surface area contributed by atoms with E-state index in [1.165, 1.54) is 0 Å². The molecule has 1 heterocycles. The molecular formula is C14H15BrN2O. The molecule has 0 bridgehead atoms. The maximum Gasteiger partial charge on any atom is 0.148 e. The molecule has 2 rings (SSSR count). The summed E-state index contributed by atoms with van der Waals surface area (Å²) < 4.78 is 6.71. The molecule has 0 atom stereocenters. The molecule has 0 aliphatic heterocycles. The van der Waals surface area contributed by atoms with Crippen molar-refractivity contribution in [3.8, 4) is 11.5 Å². The van der Waals surface area contributed by atoms with Crippen LogP contribution in [0.5, 0.6) is 11.5 Å². The number of aryl methyl sites for hydroxylation is 2. The molecule has 3 nitrogen and oxygen atoms in total. The minimum Gasteiger partial charge on any atom is -0.454 e. The second kappa shape index (κ2) is 5.40. The van der Waals surface area contributed by atoms with Gasteiger partial charge in [-0.05, 0) is 59.6 Å². The van der Waals surface area contributed by atoms with Gasteiger partial charge in [0.2, 0.25) is 0 Å². The summed E-state index contributed by atoms with van der Waals surface area (Å²) in [6.45, 7) is 4.04. The number of hydrogen-bond acceptors (Lipinski definition) is 3. The lowest BCUT2D eigenvalue weighted by molar-refractivity contribution is 0.470. The van der Waals surface area contributed by atoms with E-state index in [2.05, 4.69) is 27.8 Å². The Morgan fingerprint density at radius 1 is 1.22 bits per heavy atom. The summed E-state index contributed by atoms with van der Waals surface area (Å²) in [5.74, 6) is 1.53. The molecule has 0 saturated carbocycles. The number of rotatable bonds is 3. The fourth-order valence-electron chi connectivity index (χ4n) is 1.66. The zero-order chi connectivity index (χ0) is 13.1. The van der Waals surface area contributed by atoms with Crippen molar-refractivity contribution in [1.82, 2.24) is 4.98 Å². The Kier molecular flexibility index (Phi) is 3.87. The number of hydrogen-bond donors (Lipinski definition) is 1. The molecule has 0 saturated heterocycles. The first kappa shape index (κ1) is 12.9. The number of nitrogen functional groups attached to an aromatic ring is 1. The Morgan fingerprint density at radius 3 is 2.61 bits per heavy atom. The Hall–Kier alpha value is -1.55. The van der Waals surface area contributed by atoms with Crippen LogP contribution < -0.4 is 10.5 Å². The van der Waals surface area contributed by atoms with Crippen LogP contribution >= 0.6 is 15.9 Å². The molecule has 0 unspecified atom stereocenters. The predicted molar refractivity (Wildman–Crippen MR) is 77.0 cm³/mol. The van der Waals surface area contributed by atoms with Crippen LogP contribution in [0, 0.1) is 6.92 Å². The number of ether oxygens (including phenoxy) is 1. The highest BCUT2D eigenvalue weighted by molar-refractivity contribution is 9.10. The van der Waals surface area contributed by atoms with Crippen molar-refractivity contribution in [1.29, 1.82) is 0 Å². The Balaban J connectivity index is 2.33. The van der Waals surface area contributed by atoms with Crippen LogP contribution in [0.4, 0.5) is 5.69 Å². The van der Waals surface area contributed by atoms with Gasteiger partial charge in [-0.3, -0.25) is 4.98 Å². The van der Waals surface area contributed by atoms with E-state index in [0.29, 0.717) is 5.69 Å². The first-order chi connectivity index (χ1) is 8.60. The maximum absolute atomic E-state index is 5.88. The molecule has 2 aromatic rings. The smallest absolute Gasteiger partial charge is 0.148 e. The molecule has 2 N–H and O–H groups in total. The summed E-state index contributed by atoms with van der Waals surface area (Å²) >= 11 is 3.44. The molecule has 94 valence electrons. The van der Waals surface area contributed by atoms with Gasteiger partial charge in [0.15, 0.2) is 0 Å². The average molecular weight is 307 g/mol. The van der Waals surface area contributed by atoms with Gasteiger partial charge in [-0.2, -0.15) is 0 Å². The van der Waals surface area contributed by atoms with E-state index in [1.54, 1.807) is 0 Å². The molecule has 1 aromatic carbocycles. The third-order valence-corrected chi connectivity index (χ3v) is 3.20. The minimum absolute atomic E-state index is 0.701. The Morgan fingerprint density at radius 2 is 1.94 bits per heavy atom. The monoisotopic (exact) mass is 306 g/mol. The predicted octanol–water partition coefficient (Wildman–Crippen LogP) is 4.09. The molecule has 4 heteroatoms. The van der Waals surface area contributed by atoms with Crippen molar-refractivity contribution in [3.63, 3.8) is 0 Å². The molecule has 18 heavy (non-hydrogen) atoms. The van der Waals surface area contributed by atoms with Gasteiger partial charge in [-0.1, -0.05) is 6.92 Å². The van der Waals surface area contributed by atoms with Gasteiger partial charge in [0.1, 0.15) is 11.5 Å². The van der Waals surface area contributed by atoms with Gasteiger partial charge < -0.3 is 10.5 Å². The van der Waals surface area contributed by atoms with Gasteiger partial charge in [0, 0.05) is 11.4 Å². The van der Waals surface area contributed by atoms with Crippen molar-refractivity contribution in [2.45, 2.75) is 20.3 Å². The maximum atomic E-state index is 5.88. The second-order valence-corrected chi connectivity index (χ2v) is 4.90. The quantitative estimate of drug-likeness (QED) is 0.869. The Bertz CT molecular complexity index is 570. The van der Waals surface area contributed by atoms with Crippen LogP contribution in [0.1, 0.15) is 18.3 Å². The molecule has 1 aromatic heterocycles. The third-order valence-electron chi connectivity index (χ3n) is 2.58. The summed E-state index contributed by atoms with van der Waals surface area (Å²) in [7, 11) is 0. The number of pyridine rings is 1. The van der Waals surface area contributed by atoms with E-state index >= 15 is 0 Å². The number of anilines is 1. The second-order valence-electron chi connectivity index (χ2n) is 4.04. The summed E-state index contributed by atoms with van der Waals surface area (Å²) in [5.41, 5.74) is 8.35. The van der Waals surface area contributed by atoms with Crippen LogP contribution in [-0.4, -0.2) is 4.98 Å². The highest BCUT2D eigenvalue weighted by atomic mass is 79.9. The van der Waals surface area contributed by atoms with Crippen molar-refractivity contribution in [3.05, 3.63) is 46.2 Å². The molecule has 0 spiro atoms. The first-order valence-electron chi connectivity index (χ1n) is 5.79. The molecular weight excluding hydrogens is 292 g/mol.